The molecule has 1 saturated carbocycles. The van der Waals surface area contributed by atoms with Gasteiger partial charge in [-0.2, -0.15) is 0 Å². The van der Waals surface area contributed by atoms with Crippen LogP contribution in [-0.4, -0.2) is 26.7 Å². The van der Waals surface area contributed by atoms with E-state index in [1.165, 1.54) is 4.68 Å². The van der Waals surface area contributed by atoms with Crippen molar-refractivity contribution in [1.82, 2.24) is 14.3 Å². The van der Waals surface area contributed by atoms with Crippen molar-refractivity contribution in [3.63, 3.8) is 0 Å². The highest BCUT2D eigenvalue weighted by Crippen LogP contribution is 2.36. The van der Waals surface area contributed by atoms with Gasteiger partial charge < -0.3 is 4.74 Å². The smallest absolute Gasteiger partial charge is 0.346 e. The number of ether oxygens (including phenoxy) is 1. The average Bonchev–Trinajstić information content (AvgIpc) is 3.53. The third-order valence-corrected chi connectivity index (χ3v) is 5.96. The van der Waals surface area contributed by atoms with Crippen LogP contribution >= 0.6 is 11.6 Å². The lowest BCUT2D eigenvalue weighted by Gasteiger charge is -2.15. The number of hydrogen-bond donors (Lipinski definition) is 0. The molecule has 0 aliphatic heterocycles. The number of rotatable bonds is 9. The molecule has 0 amide bonds. The Hall–Kier alpha value is -2.86. The molecule has 4 rings (SSSR count). The summed E-state index contributed by atoms with van der Waals surface area (Å²) in [5.41, 5.74) is 2.75. The summed E-state index contributed by atoms with van der Waals surface area (Å²) >= 11 is 6.00. The normalized spacial score (nSPS) is 14.4. The van der Waals surface area contributed by atoms with Gasteiger partial charge >= 0.3 is 5.69 Å². The lowest BCUT2D eigenvalue weighted by Crippen LogP contribution is -2.28. The maximum Gasteiger partial charge on any atom is 0.346 e. The van der Waals surface area contributed by atoms with E-state index in [9.17, 15) is 9.59 Å². The van der Waals surface area contributed by atoms with Crippen LogP contribution in [0.5, 0.6) is 5.75 Å². The highest BCUT2D eigenvalue weighted by Gasteiger charge is 2.30. The lowest BCUT2D eigenvalue weighted by atomic mass is 10.1. The first kappa shape index (κ1) is 22.3. The number of benzene rings is 2. The van der Waals surface area contributed by atoms with Crippen LogP contribution in [0, 0.1) is 19.8 Å². The minimum Gasteiger partial charge on any atom is -0.493 e. The molecule has 2 aromatic carbocycles. The van der Waals surface area contributed by atoms with Crippen molar-refractivity contribution in [2.45, 2.75) is 52.6 Å². The first-order chi connectivity index (χ1) is 15.3. The zero-order chi connectivity index (χ0) is 22.8. The Labute approximate surface area is 192 Å². The molecule has 0 radical (unpaired) electrons. The molecular weight excluding hydrogens is 426 g/mol. The zero-order valence-electron chi connectivity index (χ0n) is 18.7. The molecule has 1 heterocycles. The van der Waals surface area contributed by atoms with E-state index in [4.69, 9.17) is 16.3 Å². The van der Waals surface area contributed by atoms with Gasteiger partial charge in [-0.1, -0.05) is 36.7 Å². The monoisotopic (exact) mass is 453 g/mol. The Morgan fingerprint density at radius 2 is 1.81 bits per heavy atom. The van der Waals surface area contributed by atoms with E-state index in [0.29, 0.717) is 23.9 Å². The van der Waals surface area contributed by atoms with E-state index < -0.39 is 0 Å². The van der Waals surface area contributed by atoms with Crippen LogP contribution in [0.1, 0.15) is 43.4 Å². The van der Waals surface area contributed by atoms with Gasteiger partial charge in [0.1, 0.15) is 12.3 Å². The van der Waals surface area contributed by atoms with Crippen LogP contribution in [0.25, 0.3) is 11.4 Å². The van der Waals surface area contributed by atoms with Gasteiger partial charge in [0.25, 0.3) is 0 Å². The van der Waals surface area contributed by atoms with E-state index in [1.54, 1.807) is 16.7 Å². The van der Waals surface area contributed by atoms with E-state index in [1.807, 2.05) is 51.1 Å². The maximum atomic E-state index is 13.0. The van der Waals surface area contributed by atoms with Gasteiger partial charge in [0.15, 0.2) is 11.6 Å². The number of carbonyl (C=O) groups is 1. The standard InChI is InChI=1S/C25H28ClN3O3/c1-16(15-32-23-17(2)5-4-6-18(23)3)13-22(30)14-28-25(31)29(21-11-12-21)24(27-28)19-7-9-20(26)10-8-19/h4-10,16,21H,11-15H2,1-3H3. The summed E-state index contributed by atoms with van der Waals surface area (Å²) in [5, 5.41) is 5.13. The van der Waals surface area contributed by atoms with Crippen LogP contribution in [0.3, 0.4) is 0 Å². The van der Waals surface area contributed by atoms with Gasteiger partial charge in [-0.25, -0.2) is 9.48 Å². The van der Waals surface area contributed by atoms with Crippen LogP contribution in [0.2, 0.25) is 5.02 Å². The second kappa shape index (κ2) is 9.33. The number of aryl methyl sites for hydroxylation is 2. The summed E-state index contributed by atoms with van der Waals surface area (Å²) < 4.78 is 8.99. The molecule has 0 N–H and O–H groups in total. The van der Waals surface area contributed by atoms with Crippen molar-refractivity contribution in [2.75, 3.05) is 6.61 Å². The summed E-state index contributed by atoms with van der Waals surface area (Å²) in [6.45, 7) is 6.42. The fraction of sp³-hybridized carbons (Fsp3) is 0.400. The predicted octanol–water partition coefficient (Wildman–Crippen LogP) is 4.99. The van der Waals surface area contributed by atoms with Crippen molar-refractivity contribution in [2.24, 2.45) is 5.92 Å². The Balaban J connectivity index is 1.43. The third kappa shape index (κ3) is 4.96. The molecule has 6 nitrogen and oxygen atoms in total. The van der Waals surface area contributed by atoms with Crippen molar-refractivity contribution in [3.05, 3.63) is 69.1 Å². The number of halogens is 1. The first-order valence-corrected chi connectivity index (χ1v) is 11.4. The Bertz CT molecular complexity index is 1160. The second-order valence-electron chi connectivity index (χ2n) is 8.75. The quantitative estimate of drug-likeness (QED) is 0.457. The van der Waals surface area contributed by atoms with Crippen LogP contribution in [0.4, 0.5) is 0 Å². The number of Topliss-reactive ketones (excluding diaryl/α,β-unsaturated/α-hetero) is 1. The molecular formula is C25H28ClN3O3. The fourth-order valence-corrected chi connectivity index (χ4v) is 4.04. The van der Waals surface area contributed by atoms with Crippen molar-refractivity contribution in [1.29, 1.82) is 0 Å². The van der Waals surface area contributed by atoms with Crippen LogP contribution < -0.4 is 10.4 Å². The zero-order valence-corrected chi connectivity index (χ0v) is 19.4. The Morgan fingerprint density at radius 3 is 2.44 bits per heavy atom. The van der Waals surface area contributed by atoms with Gasteiger partial charge in [0, 0.05) is 23.0 Å². The molecule has 1 atom stereocenters. The highest BCUT2D eigenvalue weighted by molar-refractivity contribution is 6.30. The van der Waals surface area contributed by atoms with Gasteiger partial charge in [0.2, 0.25) is 0 Å². The van der Waals surface area contributed by atoms with E-state index in [0.717, 1.165) is 35.3 Å². The minimum atomic E-state index is -0.231. The summed E-state index contributed by atoms with van der Waals surface area (Å²) in [4.78, 5) is 25.7. The van der Waals surface area contributed by atoms with Gasteiger partial charge in [-0.05, 0) is 68.0 Å². The minimum absolute atomic E-state index is 0.0264. The second-order valence-corrected chi connectivity index (χ2v) is 9.19. The van der Waals surface area contributed by atoms with E-state index in [-0.39, 0.29) is 30.0 Å². The SMILES string of the molecule is Cc1cccc(C)c1OCC(C)CC(=O)Cn1nc(-c2ccc(Cl)cc2)n(C2CC2)c1=O. The van der Waals surface area contributed by atoms with Crippen LogP contribution in [0.15, 0.2) is 47.3 Å². The molecule has 0 saturated heterocycles. The number of aromatic nitrogens is 3. The van der Waals surface area contributed by atoms with E-state index in [2.05, 4.69) is 5.10 Å². The van der Waals surface area contributed by atoms with Crippen molar-refractivity contribution in [3.8, 4) is 17.1 Å². The molecule has 7 heteroatoms. The van der Waals surface area contributed by atoms with Crippen LogP contribution in [-0.2, 0) is 11.3 Å². The van der Waals surface area contributed by atoms with Crippen molar-refractivity contribution < 1.29 is 9.53 Å². The summed E-state index contributed by atoms with van der Waals surface area (Å²) in [6, 6.07) is 13.4. The average molecular weight is 454 g/mol. The number of carbonyl (C=O) groups excluding carboxylic acids is 1. The summed E-state index contributed by atoms with van der Waals surface area (Å²) in [7, 11) is 0. The predicted molar refractivity (Wildman–Crippen MR) is 125 cm³/mol. The Morgan fingerprint density at radius 1 is 1.16 bits per heavy atom. The summed E-state index contributed by atoms with van der Waals surface area (Å²) in [6.07, 6.45) is 2.23. The highest BCUT2D eigenvalue weighted by atomic mass is 35.5. The molecule has 0 spiro atoms. The first-order valence-electron chi connectivity index (χ1n) is 11.0. The number of hydrogen-bond acceptors (Lipinski definition) is 4. The third-order valence-electron chi connectivity index (χ3n) is 5.71. The van der Waals surface area contributed by atoms with Gasteiger partial charge in [0.05, 0.1) is 6.61 Å². The molecule has 168 valence electrons. The van der Waals surface area contributed by atoms with Gasteiger partial charge in [-0.15, -0.1) is 5.10 Å². The number of ketones is 1. The molecule has 1 aliphatic carbocycles. The molecule has 1 aliphatic rings. The molecule has 1 fully saturated rings. The molecule has 3 aromatic rings. The molecule has 1 unspecified atom stereocenters. The lowest BCUT2D eigenvalue weighted by molar-refractivity contribution is -0.120. The summed E-state index contributed by atoms with van der Waals surface area (Å²) in [5.74, 6) is 1.46. The molecule has 0 bridgehead atoms. The van der Waals surface area contributed by atoms with E-state index >= 15 is 0 Å². The van der Waals surface area contributed by atoms with Gasteiger partial charge in [-0.3, -0.25) is 9.36 Å². The molecule has 1 aromatic heterocycles. The Kier molecular flexibility index (Phi) is 6.51. The maximum absolute atomic E-state index is 13.0. The topological polar surface area (TPSA) is 66.1 Å². The largest absolute Gasteiger partial charge is 0.493 e. The van der Waals surface area contributed by atoms with Crippen molar-refractivity contribution >= 4 is 17.4 Å². The number of para-hydroxylation sites is 1. The molecule has 32 heavy (non-hydrogen) atoms. The fourth-order valence-electron chi connectivity index (χ4n) is 3.91. The number of nitrogens with zero attached hydrogens (tertiary/aromatic N) is 3.